The molecule has 9 nitrogen and oxygen atoms in total. The molecular weight excluding hydrogens is 521 g/mol. The summed E-state index contributed by atoms with van der Waals surface area (Å²) < 4.78 is 35.6. The van der Waals surface area contributed by atoms with Crippen molar-refractivity contribution in [3.63, 3.8) is 0 Å². The number of aromatic nitrogens is 1. The highest BCUT2D eigenvalue weighted by Crippen LogP contribution is 2.40. The number of anilines is 2. The number of benzene rings is 4. The Morgan fingerprint density at radius 2 is 1.79 bits per heavy atom. The number of carbonyl (C=O) groups is 2. The smallest absolute Gasteiger partial charge is 0.261 e. The number of primary amides is 1. The van der Waals surface area contributed by atoms with E-state index in [4.69, 9.17) is 11.5 Å². The van der Waals surface area contributed by atoms with Crippen LogP contribution >= 0.6 is 0 Å². The Kier molecular flexibility index (Phi) is 6.87. The number of rotatable bonds is 7. The lowest BCUT2D eigenvalue weighted by Crippen LogP contribution is -2.18. The summed E-state index contributed by atoms with van der Waals surface area (Å²) in [6.45, 7) is 0.0912. The Hall–Kier alpha value is -4.58. The molecule has 0 aliphatic heterocycles. The third kappa shape index (κ3) is 4.74. The van der Waals surface area contributed by atoms with Gasteiger partial charge in [-0.1, -0.05) is 24.3 Å². The number of amides is 2. The summed E-state index contributed by atoms with van der Waals surface area (Å²) in [7, 11) is 1.49. The number of H-pyrrole nitrogens is 1. The molecule has 5 rings (SSSR count). The SMILES string of the molecule is CN(c1ccc2c(c1)[nH]c1c(C(N)=O)ccc(-c3cccc(NC(=O)c4ccc(F)cc4)c3CN)c12)S(=O)O. The van der Waals surface area contributed by atoms with Crippen LogP contribution in [0, 0.1) is 5.82 Å². The van der Waals surface area contributed by atoms with Gasteiger partial charge in [0, 0.05) is 41.1 Å². The van der Waals surface area contributed by atoms with Gasteiger partial charge < -0.3 is 21.8 Å². The molecule has 4 aromatic carbocycles. The van der Waals surface area contributed by atoms with Crippen molar-refractivity contribution in [1.29, 1.82) is 0 Å². The minimum Gasteiger partial charge on any atom is -0.366 e. The summed E-state index contributed by atoms with van der Waals surface area (Å²) in [4.78, 5) is 28.4. The quantitative estimate of drug-likeness (QED) is 0.190. The van der Waals surface area contributed by atoms with E-state index in [0.717, 1.165) is 16.5 Å². The van der Waals surface area contributed by atoms with Crippen molar-refractivity contribution in [3.05, 3.63) is 95.3 Å². The highest BCUT2D eigenvalue weighted by Gasteiger charge is 2.20. The van der Waals surface area contributed by atoms with E-state index in [1.165, 1.54) is 35.6 Å². The standard InChI is InChI=1S/C28H24FN5O4S/c1-34(39(37)38)17-9-10-20-24(13-17)32-26-21(27(31)35)12-11-19(25(20)26)18-3-2-4-23(22(18)14-30)33-28(36)15-5-7-16(29)8-6-15/h2-13,32H,14,30H2,1H3,(H2,31,35)(H,33,36)(H,37,38). The van der Waals surface area contributed by atoms with Gasteiger partial charge in [0.1, 0.15) is 5.82 Å². The van der Waals surface area contributed by atoms with Crippen LogP contribution in [-0.4, -0.2) is 32.6 Å². The van der Waals surface area contributed by atoms with E-state index in [1.54, 1.807) is 42.5 Å². The predicted molar refractivity (Wildman–Crippen MR) is 151 cm³/mol. The average molecular weight is 546 g/mol. The monoisotopic (exact) mass is 545 g/mol. The second kappa shape index (κ2) is 10.3. The van der Waals surface area contributed by atoms with Crippen LogP contribution < -0.4 is 21.1 Å². The lowest BCUT2D eigenvalue weighted by atomic mass is 9.92. The van der Waals surface area contributed by atoms with Crippen LogP contribution in [0.4, 0.5) is 15.8 Å². The lowest BCUT2D eigenvalue weighted by molar-refractivity contribution is 0.0998. The topological polar surface area (TPSA) is 155 Å². The van der Waals surface area contributed by atoms with Gasteiger partial charge in [-0.15, -0.1) is 0 Å². The molecule has 7 N–H and O–H groups in total. The van der Waals surface area contributed by atoms with Crippen molar-refractivity contribution in [3.8, 4) is 11.1 Å². The van der Waals surface area contributed by atoms with E-state index < -0.39 is 28.9 Å². The van der Waals surface area contributed by atoms with Gasteiger partial charge in [-0.25, -0.2) is 8.60 Å². The predicted octanol–water partition coefficient (Wildman–Crippen LogP) is 4.51. The van der Waals surface area contributed by atoms with E-state index in [9.17, 15) is 22.7 Å². The molecule has 1 unspecified atom stereocenters. The first-order valence-corrected chi connectivity index (χ1v) is 12.9. The molecule has 0 fully saturated rings. The van der Waals surface area contributed by atoms with Crippen LogP contribution in [0.3, 0.4) is 0 Å². The molecule has 0 bridgehead atoms. The van der Waals surface area contributed by atoms with Crippen LogP contribution in [0.1, 0.15) is 26.3 Å². The number of halogens is 1. The van der Waals surface area contributed by atoms with Crippen molar-refractivity contribution in [1.82, 2.24) is 4.98 Å². The molecule has 198 valence electrons. The number of aromatic amines is 1. The molecule has 0 radical (unpaired) electrons. The summed E-state index contributed by atoms with van der Waals surface area (Å²) in [5, 5.41) is 4.33. The van der Waals surface area contributed by atoms with Crippen LogP contribution in [-0.2, 0) is 17.8 Å². The summed E-state index contributed by atoms with van der Waals surface area (Å²) in [6.07, 6.45) is 0. The Morgan fingerprint density at radius 1 is 1.05 bits per heavy atom. The van der Waals surface area contributed by atoms with Gasteiger partial charge in [-0.3, -0.25) is 18.4 Å². The van der Waals surface area contributed by atoms with Crippen molar-refractivity contribution < 1.29 is 22.7 Å². The van der Waals surface area contributed by atoms with Crippen molar-refractivity contribution in [2.24, 2.45) is 11.5 Å². The third-order valence-electron chi connectivity index (χ3n) is 6.63. The number of fused-ring (bicyclic) bond motifs is 3. The molecule has 0 aliphatic carbocycles. The normalized spacial score (nSPS) is 12.0. The molecule has 5 aromatic rings. The van der Waals surface area contributed by atoms with Gasteiger partial charge in [0.15, 0.2) is 0 Å². The largest absolute Gasteiger partial charge is 0.366 e. The Balaban J connectivity index is 1.69. The zero-order chi connectivity index (χ0) is 27.8. The second-order valence-electron chi connectivity index (χ2n) is 8.85. The molecule has 1 aromatic heterocycles. The minimum absolute atomic E-state index is 0.0912. The van der Waals surface area contributed by atoms with Crippen molar-refractivity contribution in [2.45, 2.75) is 6.54 Å². The fraction of sp³-hybridized carbons (Fsp3) is 0.0714. The number of hydrogen-bond acceptors (Lipinski definition) is 4. The first kappa shape index (κ1) is 26.0. The molecule has 0 spiro atoms. The van der Waals surface area contributed by atoms with E-state index in [0.29, 0.717) is 38.9 Å². The first-order chi connectivity index (χ1) is 18.7. The molecule has 2 amide bonds. The Bertz CT molecular complexity index is 1790. The molecule has 39 heavy (non-hydrogen) atoms. The third-order valence-corrected chi connectivity index (χ3v) is 7.31. The second-order valence-corrected chi connectivity index (χ2v) is 9.86. The summed E-state index contributed by atoms with van der Waals surface area (Å²) in [6, 6.07) is 19.2. The van der Waals surface area contributed by atoms with E-state index in [-0.39, 0.29) is 12.1 Å². The number of hydrogen-bond donors (Lipinski definition) is 5. The lowest BCUT2D eigenvalue weighted by Gasteiger charge is -2.16. The molecule has 0 saturated carbocycles. The minimum atomic E-state index is -2.22. The molecule has 0 aliphatic rings. The van der Waals surface area contributed by atoms with Gasteiger partial charge in [0.05, 0.1) is 16.8 Å². The Morgan fingerprint density at radius 3 is 2.46 bits per heavy atom. The molecule has 1 heterocycles. The van der Waals surface area contributed by atoms with Crippen LogP contribution in [0.5, 0.6) is 0 Å². The Labute approximate surface area is 225 Å². The zero-order valence-corrected chi connectivity index (χ0v) is 21.5. The first-order valence-electron chi connectivity index (χ1n) is 11.8. The van der Waals surface area contributed by atoms with E-state index in [1.807, 2.05) is 6.07 Å². The van der Waals surface area contributed by atoms with Gasteiger partial charge in [0.25, 0.3) is 23.1 Å². The fourth-order valence-corrected chi connectivity index (χ4v) is 4.98. The van der Waals surface area contributed by atoms with Gasteiger partial charge in [-0.05, 0) is 65.2 Å². The highest BCUT2D eigenvalue weighted by molar-refractivity contribution is 7.80. The maximum Gasteiger partial charge on any atom is 0.261 e. The van der Waals surface area contributed by atoms with Crippen LogP contribution in [0.15, 0.2) is 72.8 Å². The molecule has 1 atom stereocenters. The fourth-order valence-electron chi connectivity index (χ4n) is 4.69. The maximum absolute atomic E-state index is 13.3. The maximum atomic E-state index is 13.3. The van der Waals surface area contributed by atoms with Crippen LogP contribution in [0.25, 0.3) is 32.9 Å². The molecule has 11 heteroatoms. The molecular formula is C28H24FN5O4S. The number of nitrogens with zero attached hydrogens (tertiary/aromatic N) is 1. The summed E-state index contributed by atoms with van der Waals surface area (Å²) >= 11 is -2.22. The van der Waals surface area contributed by atoms with Crippen molar-refractivity contribution in [2.75, 3.05) is 16.7 Å². The summed E-state index contributed by atoms with van der Waals surface area (Å²) in [5.41, 5.74) is 16.7. The van der Waals surface area contributed by atoms with Crippen LogP contribution in [0.2, 0.25) is 0 Å². The van der Waals surface area contributed by atoms with E-state index >= 15 is 0 Å². The number of nitrogens with one attached hydrogen (secondary N) is 2. The number of carbonyl (C=O) groups excluding carboxylic acids is 2. The van der Waals surface area contributed by atoms with Gasteiger partial charge in [-0.2, -0.15) is 0 Å². The van der Waals surface area contributed by atoms with Crippen molar-refractivity contribution >= 4 is 56.3 Å². The van der Waals surface area contributed by atoms with Gasteiger partial charge >= 0.3 is 0 Å². The zero-order valence-electron chi connectivity index (χ0n) is 20.7. The van der Waals surface area contributed by atoms with E-state index in [2.05, 4.69) is 10.3 Å². The highest BCUT2D eigenvalue weighted by atomic mass is 32.2. The molecule has 0 saturated heterocycles. The summed E-state index contributed by atoms with van der Waals surface area (Å²) in [5.74, 6) is -1.48. The number of nitrogens with two attached hydrogens (primary N) is 2. The average Bonchev–Trinajstić information content (AvgIpc) is 3.31. The van der Waals surface area contributed by atoms with Gasteiger partial charge in [0.2, 0.25) is 0 Å².